The Morgan fingerprint density at radius 1 is 1.50 bits per heavy atom. The second kappa shape index (κ2) is 6.39. The number of hydrogen-bond donors (Lipinski definition) is 1. The Hall–Kier alpha value is -1.36. The van der Waals surface area contributed by atoms with Gasteiger partial charge in [0.1, 0.15) is 5.54 Å². The Labute approximate surface area is 120 Å². The van der Waals surface area contributed by atoms with Crippen molar-refractivity contribution in [1.82, 2.24) is 14.9 Å². The van der Waals surface area contributed by atoms with E-state index in [1.807, 2.05) is 13.3 Å². The van der Waals surface area contributed by atoms with E-state index in [1.165, 1.54) is 31.3 Å². The minimum atomic E-state index is -0.602. The maximum absolute atomic E-state index is 11.8. The van der Waals surface area contributed by atoms with E-state index in [-0.39, 0.29) is 5.97 Å². The van der Waals surface area contributed by atoms with E-state index in [0.717, 1.165) is 32.2 Å². The molecule has 2 rings (SSSR count). The highest BCUT2D eigenvalue weighted by molar-refractivity contribution is 5.80. The first-order valence-corrected chi connectivity index (χ1v) is 7.41. The maximum atomic E-state index is 11.8. The summed E-state index contributed by atoms with van der Waals surface area (Å²) in [6.07, 6.45) is 8.39. The summed E-state index contributed by atoms with van der Waals surface area (Å²) in [7, 11) is 3.24. The molecule has 112 valence electrons. The summed E-state index contributed by atoms with van der Waals surface area (Å²) in [4.78, 5) is 16.3. The highest BCUT2D eigenvalue weighted by Gasteiger charge is 2.31. The number of imidazole rings is 1. The van der Waals surface area contributed by atoms with Gasteiger partial charge in [0.25, 0.3) is 0 Å². The number of ether oxygens (including phenoxy) is 1. The van der Waals surface area contributed by atoms with Gasteiger partial charge in [0.2, 0.25) is 0 Å². The van der Waals surface area contributed by atoms with Gasteiger partial charge in [-0.1, -0.05) is 0 Å². The minimum Gasteiger partial charge on any atom is -0.468 e. The normalized spacial score (nSPS) is 17.4. The molecule has 1 aliphatic rings. The highest BCUT2D eigenvalue weighted by Crippen LogP contribution is 2.21. The quantitative estimate of drug-likeness (QED) is 0.805. The molecule has 1 aromatic rings. The van der Waals surface area contributed by atoms with Crippen molar-refractivity contribution in [2.75, 3.05) is 14.2 Å². The second-order valence-corrected chi connectivity index (χ2v) is 5.72. The molecule has 0 spiro atoms. The number of methoxy groups -OCH3 is 1. The van der Waals surface area contributed by atoms with Crippen LogP contribution in [0.3, 0.4) is 0 Å². The van der Waals surface area contributed by atoms with Crippen LogP contribution in [0.4, 0.5) is 0 Å². The highest BCUT2D eigenvalue weighted by atomic mass is 16.5. The van der Waals surface area contributed by atoms with Crippen LogP contribution in [-0.2, 0) is 28.9 Å². The summed E-state index contributed by atoms with van der Waals surface area (Å²) in [5.41, 5.74) is 2.05. The molecule has 0 radical (unpaired) electrons. The summed E-state index contributed by atoms with van der Waals surface area (Å²) in [5.74, 6) is -0.201. The lowest BCUT2D eigenvalue weighted by Gasteiger charge is -2.26. The fraction of sp³-hybridized carbons (Fsp3) is 0.733. The molecule has 0 bridgehead atoms. The van der Waals surface area contributed by atoms with Gasteiger partial charge in [-0.2, -0.15) is 0 Å². The van der Waals surface area contributed by atoms with Crippen molar-refractivity contribution >= 4 is 5.97 Å². The smallest absolute Gasteiger partial charge is 0.325 e. The molecule has 1 aromatic heterocycles. The van der Waals surface area contributed by atoms with E-state index in [1.54, 1.807) is 7.05 Å². The zero-order valence-electron chi connectivity index (χ0n) is 12.7. The van der Waals surface area contributed by atoms with Crippen LogP contribution in [-0.4, -0.2) is 35.2 Å². The number of aryl methyl sites for hydroxylation is 2. The molecule has 0 fully saturated rings. The van der Waals surface area contributed by atoms with E-state index in [4.69, 9.17) is 4.74 Å². The van der Waals surface area contributed by atoms with Gasteiger partial charge in [-0.3, -0.25) is 4.79 Å². The van der Waals surface area contributed by atoms with Crippen molar-refractivity contribution < 1.29 is 9.53 Å². The predicted octanol–water partition coefficient (Wildman–Crippen LogP) is 1.69. The molecular weight excluding hydrogens is 254 g/mol. The third-order valence-corrected chi connectivity index (χ3v) is 4.37. The number of nitrogens with one attached hydrogen (secondary N) is 1. The predicted molar refractivity (Wildman–Crippen MR) is 77.6 cm³/mol. The van der Waals surface area contributed by atoms with Gasteiger partial charge in [-0.25, -0.2) is 4.98 Å². The number of nitrogens with zero attached hydrogens (tertiary/aromatic N) is 2. The number of likely N-dealkylation sites (N-methyl/N-ethyl adjacent to an activating group) is 1. The van der Waals surface area contributed by atoms with Crippen LogP contribution in [0.25, 0.3) is 0 Å². The van der Waals surface area contributed by atoms with Crippen molar-refractivity contribution in [2.45, 2.75) is 57.5 Å². The summed E-state index contributed by atoms with van der Waals surface area (Å²) in [6, 6.07) is 0. The Balaban J connectivity index is 1.92. The molecular formula is C15H25N3O2. The molecule has 1 atom stereocenters. The Kier molecular flexibility index (Phi) is 4.81. The number of carbonyl (C=O) groups is 1. The van der Waals surface area contributed by atoms with E-state index in [9.17, 15) is 4.79 Å². The average molecular weight is 279 g/mol. The van der Waals surface area contributed by atoms with Crippen LogP contribution >= 0.6 is 0 Å². The molecule has 0 amide bonds. The van der Waals surface area contributed by atoms with Crippen LogP contribution in [0, 0.1) is 0 Å². The summed E-state index contributed by atoms with van der Waals surface area (Å²) in [5, 5.41) is 3.07. The van der Waals surface area contributed by atoms with Crippen LogP contribution < -0.4 is 5.32 Å². The first-order chi connectivity index (χ1) is 9.60. The number of fused-ring (bicyclic) bond motifs is 1. The van der Waals surface area contributed by atoms with Gasteiger partial charge < -0.3 is 14.6 Å². The van der Waals surface area contributed by atoms with Crippen LogP contribution in [0.1, 0.15) is 44.0 Å². The van der Waals surface area contributed by atoms with Crippen molar-refractivity contribution in [3.8, 4) is 0 Å². The van der Waals surface area contributed by atoms with Gasteiger partial charge in [-0.05, 0) is 52.5 Å². The average Bonchev–Trinajstić information content (AvgIpc) is 2.89. The molecule has 0 saturated heterocycles. The fourth-order valence-electron chi connectivity index (χ4n) is 2.88. The first kappa shape index (κ1) is 15.0. The van der Waals surface area contributed by atoms with Crippen molar-refractivity contribution in [3.63, 3.8) is 0 Å². The van der Waals surface area contributed by atoms with E-state index in [2.05, 4.69) is 14.9 Å². The van der Waals surface area contributed by atoms with Crippen LogP contribution in [0.15, 0.2) is 6.33 Å². The van der Waals surface area contributed by atoms with E-state index >= 15 is 0 Å². The molecule has 5 heteroatoms. The fourth-order valence-corrected chi connectivity index (χ4v) is 2.88. The van der Waals surface area contributed by atoms with Gasteiger partial charge >= 0.3 is 5.97 Å². The molecule has 5 nitrogen and oxygen atoms in total. The first-order valence-electron chi connectivity index (χ1n) is 7.41. The Morgan fingerprint density at radius 3 is 2.95 bits per heavy atom. The summed E-state index contributed by atoms with van der Waals surface area (Å²) >= 11 is 0. The molecule has 1 aliphatic carbocycles. The lowest BCUT2D eigenvalue weighted by atomic mass is 9.96. The molecule has 0 aliphatic heterocycles. The minimum absolute atomic E-state index is 0.201. The number of carbonyl (C=O) groups excluding carboxylic acids is 1. The van der Waals surface area contributed by atoms with Crippen LogP contribution in [0.2, 0.25) is 0 Å². The third kappa shape index (κ3) is 3.03. The largest absolute Gasteiger partial charge is 0.468 e. The topological polar surface area (TPSA) is 56.2 Å². The second-order valence-electron chi connectivity index (χ2n) is 5.72. The lowest BCUT2D eigenvalue weighted by molar-refractivity contribution is -0.148. The van der Waals surface area contributed by atoms with Gasteiger partial charge in [0.05, 0.1) is 19.1 Å². The maximum Gasteiger partial charge on any atom is 0.325 e. The number of esters is 1. The van der Waals surface area contributed by atoms with Crippen LogP contribution in [0.5, 0.6) is 0 Å². The van der Waals surface area contributed by atoms with Gasteiger partial charge in [0, 0.05) is 12.2 Å². The van der Waals surface area contributed by atoms with Gasteiger partial charge in [0.15, 0.2) is 0 Å². The number of aromatic nitrogens is 2. The number of hydrogen-bond acceptors (Lipinski definition) is 4. The monoisotopic (exact) mass is 279 g/mol. The van der Waals surface area contributed by atoms with E-state index < -0.39 is 5.54 Å². The summed E-state index contributed by atoms with van der Waals surface area (Å²) in [6.45, 7) is 2.80. The number of rotatable bonds is 6. The zero-order chi connectivity index (χ0) is 14.6. The van der Waals surface area contributed by atoms with Crippen molar-refractivity contribution in [2.24, 2.45) is 0 Å². The molecule has 1 heterocycles. The molecule has 0 aromatic carbocycles. The Morgan fingerprint density at radius 2 is 2.25 bits per heavy atom. The summed E-state index contributed by atoms with van der Waals surface area (Å²) < 4.78 is 7.12. The van der Waals surface area contributed by atoms with Crippen molar-refractivity contribution in [3.05, 3.63) is 17.7 Å². The lowest BCUT2D eigenvalue weighted by Crippen LogP contribution is -2.48. The van der Waals surface area contributed by atoms with E-state index in [0.29, 0.717) is 0 Å². The Bertz CT molecular complexity index is 470. The molecule has 1 unspecified atom stereocenters. The molecule has 1 N–H and O–H groups in total. The third-order valence-electron chi connectivity index (χ3n) is 4.37. The molecule has 20 heavy (non-hydrogen) atoms. The molecule has 0 saturated carbocycles. The zero-order valence-corrected chi connectivity index (χ0v) is 12.7. The SMILES string of the molecule is CNC(C)(CCCn1cnc2c1CCCC2)C(=O)OC. The van der Waals surface area contributed by atoms with Gasteiger partial charge in [-0.15, -0.1) is 0 Å². The standard InChI is InChI=1S/C15H25N3O2/c1-15(16-2,14(19)20-3)9-6-10-18-11-17-12-7-4-5-8-13(12)18/h11,16H,4-10H2,1-3H3. The van der Waals surface area contributed by atoms with Crippen molar-refractivity contribution in [1.29, 1.82) is 0 Å².